The minimum atomic E-state index is 0.450. The Hall–Kier alpha value is -0.380. The second-order valence-corrected chi connectivity index (χ2v) is 4.11. The summed E-state index contributed by atoms with van der Waals surface area (Å²) in [4.78, 5) is 0.483. The highest BCUT2D eigenvalue weighted by atomic mass is 79.9. The smallest absolute Gasteiger partial charge is 0.284 e. The summed E-state index contributed by atoms with van der Waals surface area (Å²) in [5, 5.41) is 7.61. The van der Waals surface area contributed by atoms with E-state index in [9.17, 15) is 0 Å². The van der Waals surface area contributed by atoms with Crippen molar-refractivity contribution < 1.29 is 4.42 Å². The van der Waals surface area contributed by atoms with Gasteiger partial charge in [-0.2, -0.15) is 0 Å². The normalized spacial score (nSPS) is 20.2. The molecule has 0 saturated heterocycles. The summed E-state index contributed by atoms with van der Waals surface area (Å²) < 4.78 is 5.19. The van der Waals surface area contributed by atoms with Gasteiger partial charge in [0.15, 0.2) is 0 Å². The van der Waals surface area contributed by atoms with Crippen molar-refractivity contribution in [3.63, 3.8) is 0 Å². The van der Waals surface area contributed by atoms with Crippen LogP contribution in [0.2, 0.25) is 0 Å². The standard InChI is InChI=1S/C7H9BrN2O/c1-7(2-3-7)4-5-9-10-6(8)11-5/h2-4H2,1H3. The maximum atomic E-state index is 5.19. The quantitative estimate of drug-likeness (QED) is 0.761. The Morgan fingerprint density at radius 3 is 2.73 bits per heavy atom. The first-order chi connectivity index (χ1) is 5.18. The monoisotopic (exact) mass is 216 g/mol. The average molecular weight is 217 g/mol. The number of nitrogens with zero attached hydrogens (tertiary/aromatic N) is 2. The molecule has 3 nitrogen and oxygen atoms in total. The van der Waals surface area contributed by atoms with Crippen molar-refractivity contribution in [2.75, 3.05) is 0 Å². The van der Waals surface area contributed by atoms with Crippen LogP contribution in [-0.2, 0) is 6.42 Å². The minimum Gasteiger partial charge on any atom is -0.416 e. The van der Waals surface area contributed by atoms with Gasteiger partial charge in [-0.15, -0.1) is 10.2 Å². The van der Waals surface area contributed by atoms with Gasteiger partial charge in [0.1, 0.15) is 0 Å². The van der Waals surface area contributed by atoms with Gasteiger partial charge in [0.05, 0.1) is 0 Å². The minimum absolute atomic E-state index is 0.450. The van der Waals surface area contributed by atoms with Crippen LogP contribution in [0.1, 0.15) is 25.7 Å². The van der Waals surface area contributed by atoms with Crippen LogP contribution in [0.5, 0.6) is 0 Å². The summed E-state index contributed by atoms with van der Waals surface area (Å²) in [5.41, 5.74) is 0.450. The molecule has 0 aliphatic heterocycles. The zero-order valence-electron chi connectivity index (χ0n) is 6.30. The fourth-order valence-corrected chi connectivity index (χ4v) is 1.33. The third kappa shape index (κ3) is 1.61. The van der Waals surface area contributed by atoms with Crippen molar-refractivity contribution in [2.45, 2.75) is 26.2 Å². The van der Waals surface area contributed by atoms with Crippen LogP contribution in [0.15, 0.2) is 9.22 Å². The molecule has 1 aliphatic carbocycles. The van der Waals surface area contributed by atoms with E-state index in [1.807, 2.05) is 0 Å². The molecule has 1 aromatic heterocycles. The first-order valence-corrected chi connectivity index (χ1v) is 4.45. The van der Waals surface area contributed by atoms with Crippen molar-refractivity contribution >= 4 is 15.9 Å². The molecule has 0 atom stereocenters. The van der Waals surface area contributed by atoms with E-state index < -0.39 is 0 Å². The Bertz CT molecular complexity index is 267. The van der Waals surface area contributed by atoms with E-state index in [2.05, 4.69) is 33.1 Å². The molecule has 1 heterocycles. The lowest BCUT2D eigenvalue weighted by atomic mass is 10.1. The van der Waals surface area contributed by atoms with Gasteiger partial charge in [-0.05, 0) is 18.3 Å². The Morgan fingerprint density at radius 2 is 2.27 bits per heavy atom. The molecule has 1 saturated carbocycles. The summed E-state index contributed by atoms with van der Waals surface area (Å²) >= 11 is 3.12. The van der Waals surface area contributed by atoms with E-state index in [0.717, 1.165) is 12.3 Å². The number of aromatic nitrogens is 2. The molecule has 60 valence electrons. The van der Waals surface area contributed by atoms with Crippen molar-refractivity contribution in [3.8, 4) is 0 Å². The molecule has 0 radical (unpaired) electrons. The molecular formula is C7H9BrN2O. The van der Waals surface area contributed by atoms with Crippen LogP contribution in [0.25, 0.3) is 0 Å². The van der Waals surface area contributed by atoms with Crippen LogP contribution in [0.4, 0.5) is 0 Å². The van der Waals surface area contributed by atoms with E-state index in [-0.39, 0.29) is 0 Å². The highest BCUT2D eigenvalue weighted by Crippen LogP contribution is 2.47. The number of hydrogen-bond donors (Lipinski definition) is 0. The number of halogens is 1. The van der Waals surface area contributed by atoms with Crippen LogP contribution in [-0.4, -0.2) is 10.2 Å². The molecule has 1 aromatic rings. The largest absolute Gasteiger partial charge is 0.416 e. The second kappa shape index (κ2) is 2.30. The zero-order chi connectivity index (χ0) is 7.90. The number of rotatable bonds is 2. The van der Waals surface area contributed by atoms with Crippen LogP contribution < -0.4 is 0 Å². The Labute approximate surface area is 73.3 Å². The van der Waals surface area contributed by atoms with E-state index >= 15 is 0 Å². The van der Waals surface area contributed by atoms with E-state index in [1.165, 1.54) is 12.8 Å². The second-order valence-electron chi connectivity index (χ2n) is 3.44. The highest BCUT2D eigenvalue weighted by molar-refractivity contribution is 9.10. The summed E-state index contributed by atoms with van der Waals surface area (Å²) in [6.45, 7) is 2.24. The lowest BCUT2D eigenvalue weighted by Gasteiger charge is -2.00. The fourth-order valence-electron chi connectivity index (χ4n) is 1.06. The molecule has 2 rings (SSSR count). The highest BCUT2D eigenvalue weighted by Gasteiger charge is 2.38. The van der Waals surface area contributed by atoms with Crippen LogP contribution in [0.3, 0.4) is 0 Å². The Kier molecular flexibility index (Phi) is 1.52. The zero-order valence-corrected chi connectivity index (χ0v) is 7.89. The first-order valence-electron chi connectivity index (χ1n) is 3.66. The van der Waals surface area contributed by atoms with E-state index in [4.69, 9.17) is 4.42 Å². The maximum absolute atomic E-state index is 5.19. The Morgan fingerprint density at radius 1 is 1.55 bits per heavy atom. The summed E-state index contributed by atoms with van der Waals surface area (Å²) in [6.07, 6.45) is 3.49. The van der Waals surface area contributed by atoms with Gasteiger partial charge >= 0.3 is 0 Å². The first kappa shape index (κ1) is 7.28. The molecular weight excluding hydrogens is 208 g/mol. The number of hydrogen-bond acceptors (Lipinski definition) is 3. The lowest BCUT2D eigenvalue weighted by Crippen LogP contribution is -1.98. The van der Waals surface area contributed by atoms with Crippen molar-refractivity contribution in [3.05, 3.63) is 10.7 Å². The Balaban J connectivity index is 2.06. The van der Waals surface area contributed by atoms with Crippen molar-refractivity contribution in [1.29, 1.82) is 0 Å². The van der Waals surface area contributed by atoms with Crippen LogP contribution >= 0.6 is 15.9 Å². The molecule has 4 heteroatoms. The third-order valence-electron chi connectivity index (χ3n) is 2.12. The molecule has 11 heavy (non-hydrogen) atoms. The predicted molar refractivity (Wildman–Crippen MR) is 43.0 cm³/mol. The van der Waals surface area contributed by atoms with Gasteiger partial charge in [0.2, 0.25) is 5.89 Å². The van der Waals surface area contributed by atoms with Gasteiger partial charge in [-0.3, -0.25) is 0 Å². The van der Waals surface area contributed by atoms with Gasteiger partial charge < -0.3 is 4.42 Å². The summed E-state index contributed by atoms with van der Waals surface area (Å²) in [6, 6.07) is 0. The molecule has 0 aromatic carbocycles. The SMILES string of the molecule is CC1(Cc2nnc(Br)o2)CC1. The molecule has 0 spiro atoms. The molecule has 1 fully saturated rings. The molecule has 0 amide bonds. The lowest BCUT2D eigenvalue weighted by molar-refractivity contribution is 0.421. The summed E-state index contributed by atoms with van der Waals surface area (Å²) in [5.74, 6) is 0.747. The van der Waals surface area contributed by atoms with Crippen molar-refractivity contribution in [1.82, 2.24) is 10.2 Å². The van der Waals surface area contributed by atoms with Gasteiger partial charge in [0.25, 0.3) is 4.80 Å². The van der Waals surface area contributed by atoms with Gasteiger partial charge in [-0.1, -0.05) is 6.92 Å². The molecule has 1 aliphatic rings. The molecule has 0 bridgehead atoms. The topological polar surface area (TPSA) is 38.9 Å². The van der Waals surface area contributed by atoms with Gasteiger partial charge in [0, 0.05) is 22.4 Å². The van der Waals surface area contributed by atoms with Crippen LogP contribution in [0, 0.1) is 5.41 Å². The van der Waals surface area contributed by atoms with Gasteiger partial charge in [-0.25, -0.2) is 0 Å². The van der Waals surface area contributed by atoms with E-state index in [0.29, 0.717) is 10.2 Å². The van der Waals surface area contributed by atoms with E-state index in [1.54, 1.807) is 0 Å². The molecule has 0 N–H and O–H groups in total. The fraction of sp³-hybridized carbons (Fsp3) is 0.714. The maximum Gasteiger partial charge on any atom is 0.284 e. The predicted octanol–water partition coefficient (Wildman–Crippen LogP) is 2.17. The van der Waals surface area contributed by atoms with Crippen molar-refractivity contribution in [2.24, 2.45) is 5.41 Å². The molecule has 0 unspecified atom stereocenters. The third-order valence-corrected chi connectivity index (χ3v) is 2.44. The summed E-state index contributed by atoms with van der Waals surface area (Å²) in [7, 11) is 0. The average Bonchev–Trinajstić information content (AvgIpc) is 2.49.